The van der Waals surface area contributed by atoms with Gasteiger partial charge in [0, 0.05) is 12.7 Å². The van der Waals surface area contributed by atoms with E-state index in [4.69, 9.17) is 0 Å². The van der Waals surface area contributed by atoms with Gasteiger partial charge in [0.1, 0.15) is 0 Å². The molecule has 0 saturated carbocycles. The number of para-hydroxylation sites is 1. The normalized spacial score (nSPS) is 19.4. The first-order valence-corrected chi connectivity index (χ1v) is 7.61. The molecule has 1 saturated heterocycles. The Labute approximate surface area is 118 Å². The first-order chi connectivity index (χ1) is 9.02. The van der Waals surface area contributed by atoms with Crippen LogP contribution in [0.2, 0.25) is 0 Å². The summed E-state index contributed by atoms with van der Waals surface area (Å²) in [7, 11) is 2.25. The molecule has 106 valence electrons. The monoisotopic (exact) mass is 260 g/mol. The first-order valence-electron chi connectivity index (χ1n) is 7.61. The Morgan fingerprint density at radius 2 is 1.68 bits per heavy atom. The smallest absolute Gasteiger partial charge is 0.0793 e. The van der Waals surface area contributed by atoms with E-state index in [2.05, 4.69) is 63.2 Å². The highest BCUT2D eigenvalue weighted by Gasteiger charge is 2.24. The second-order valence-corrected chi connectivity index (χ2v) is 6.32. The molecule has 2 rings (SSSR count). The van der Waals surface area contributed by atoms with Crippen LogP contribution < -0.4 is 10.2 Å². The maximum atomic E-state index is 3.61. The Bertz CT molecular complexity index is 391. The Hall–Kier alpha value is -1.02. The van der Waals surface area contributed by atoms with Gasteiger partial charge in [-0.3, -0.25) is 5.32 Å². The third kappa shape index (κ3) is 2.94. The summed E-state index contributed by atoms with van der Waals surface area (Å²) in [6.07, 6.45) is 3.04. The van der Waals surface area contributed by atoms with Crippen molar-refractivity contribution in [3.8, 4) is 0 Å². The van der Waals surface area contributed by atoms with E-state index in [0.29, 0.717) is 18.0 Å². The van der Waals surface area contributed by atoms with Crippen LogP contribution in [0.3, 0.4) is 0 Å². The van der Waals surface area contributed by atoms with Gasteiger partial charge in [-0.25, -0.2) is 0 Å². The lowest BCUT2D eigenvalue weighted by Gasteiger charge is -2.33. The Balaban J connectivity index is 2.44. The van der Waals surface area contributed by atoms with Crippen molar-refractivity contribution < 1.29 is 0 Å². The molecule has 1 aromatic carbocycles. The lowest BCUT2D eigenvalue weighted by atomic mass is 9.92. The molecule has 0 bridgehead atoms. The van der Waals surface area contributed by atoms with E-state index in [1.807, 2.05) is 0 Å². The van der Waals surface area contributed by atoms with Crippen LogP contribution in [0.1, 0.15) is 63.5 Å². The highest BCUT2D eigenvalue weighted by atomic mass is 15.3. The van der Waals surface area contributed by atoms with Gasteiger partial charge >= 0.3 is 0 Å². The summed E-state index contributed by atoms with van der Waals surface area (Å²) in [6, 6.07) is 6.79. The van der Waals surface area contributed by atoms with E-state index in [0.717, 1.165) is 6.54 Å². The summed E-state index contributed by atoms with van der Waals surface area (Å²) in [5.74, 6) is 1.13. The van der Waals surface area contributed by atoms with Gasteiger partial charge in [0.15, 0.2) is 0 Å². The highest BCUT2D eigenvalue weighted by Crippen LogP contribution is 2.36. The van der Waals surface area contributed by atoms with Gasteiger partial charge in [-0.2, -0.15) is 0 Å². The van der Waals surface area contributed by atoms with Crippen LogP contribution in [-0.2, 0) is 0 Å². The molecule has 1 fully saturated rings. The van der Waals surface area contributed by atoms with E-state index in [1.54, 1.807) is 0 Å². The van der Waals surface area contributed by atoms with Gasteiger partial charge in [0.05, 0.1) is 6.17 Å². The standard InChI is InChI=1S/C17H28N2/c1-12(2)14-8-6-9-15(13(3)4)17(14)19(5)16-10-7-11-18-16/h6,8-9,12-13,16,18H,7,10-11H2,1-5H3. The highest BCUT2D eigenvalue weighted by molar-refractivity contribution is 5.62. The minimum Gasteiger partial charge on any atom is -0.359 e. The Morgan fingerprint density at radius 3 is 2.11 bits per heavy atom. The third-order valence-corrected chi connectivity index (χ3v) is 4.20. The van der Waals surface area contributed by atoms with E-state index >= 15 is 0 Å². The molecule has 0 radical (unpaired) electrons. The van der Waals surface area contributed by atoms with Crippen molar-refractivity contribution in [3.63, 3.8) is 0 Å². The molecular weight excluding hydrogens is 232 g/mol. The van der Waals surface area contributed by atoms with E-state index in [1.165, 1.54) is 29.7 Å². The Kier molecular flexibility index (Phi) is 4.51. The number of nitrogens with one attached hydrogen (secondary N) is 1. The predicted octanol–water partition coefficient (Wildman–Crippen LogP) is 4.08. The Morgan fingerprint density at radius 1 is 1.11 bits per heavy atom. The van der Waals surface area contributed by atoms with Crippen LogP contribution in [0.15, 0.2) is 18.2 Å². The molecule has 1 N–H and O–H groups in total. The van der Waals surface area contributed by atoms with Gasteiger partial charge < -0.3 is 4.90 Å². The van der Waals surface area contributed by atoms with Crippen LogP contribution in [0, 0.1) is 0 Å². The zero-order valence-corrected chi connectivity index (χ0v) is 13.0. The van der Waals surface area contributed by atoms with Crippen molar-refractivity contribution in [2.45, 2.75) is 58.5 Å². The van der Waals surface area contributed by atoms with E-state index < -0.39 is 0 Å². The number of nitrogens with zero attached hydrogens (tertiary/aromatic N) is 1. The summed E-state index contributed by atoms with van der Waals surface area (Å²) in [4.78, 5) is 2.47. The topological polar surface area (TPSA) is 15.3 Å². The van der Waals surface area contributed by atoms with Gasteiger partial charge in [-0.05, 0) is 42.3 Å². The predicted molar refractivity (Wildman–Crippen MR) is 84.0 cm³/mol. The summed E-state index contributed by atoms with van der Waals surface area (Å²) in [5.41, 5.74) is 4.40. The van der Waals surface area contributed by atoms with E-state index in [9.17, 15) is 0 Å². The average Bonchev–Trinajstić information content (AvgIpc) is 2.90. The van der Waals surface area contributed by atoms with Gasteiger partial charge in [0.2, 0.25) is 0 Å². The molecule has 0 aromatic heterocycles. The second-order valence-electron chi connectivity index (χ2n) is 6.32. The molecule has 2 heteroatoms. The fraction of sp³-hybridized carbons (Fsp3) is 0.647. The van der Waals surface area contributed by atoms with Crippen molar-refractivity contribution in [3.05, 3.63) is 29.3 Å². The summed E-state index contributed by atoms with van der Waals surface area (Å²) >= 11 is 0. The van der Waals surface area contributed by atoms with Crippen LogP contribution in [0.25, 0.3) is 0 Å². The molecule has 0 aliphatic carbocycles. The van der Waals surface area contributed by atoms with Crippen LogP contribution >= 0.6 is 0 Å². The molecule has 0 amide bonds. The first kappa shape index (κ1) is 14.4. The minimum absolute atomic E-state index is 0.498. The van der Waals surface area contributed by atoms with Gasteiger partial charge in [-0.15, -0.1) is 0 Å². The quantitative estimate of drug-likeness (QED) is 0.877. The second kappa shape index (κ2) is 5.96. The zero-order valence-electron chi connectivity index (χ0n) is 13.0. The largest absolute Gasteiger partial charge is 0.359 e. The van der Waals surface area contributed by atoms with Crippen LogP contribution in [0.4, 0.5) is 5.69 Å². The molecular formula is C17H28N2. The molecule has 1 atom stereocenters. The summed E-state index contributed by atoms with van der Waals surface area (Å²) in [5, 5.41) is 3.61. The molecule has 19 heavy (non-hydrogen) atoms. The number of hydrogen-bond acceptors (Lipinski definition) is 2. The third-order valence-electron chi connectivity index (χ3n) is 4.20. The number of benzene rings is 1. The lowest BCUT2D eigenvalue weighted by Crippen LogP contribution is -2.40. The maximum Gasteiger partial charge on any atom is 0.0793 e. The van der Waals surface area contributed by atoms with Crippen LogP contribution in [0.5, 0.6) is 0 Å². The minimum atomic E-state index is 0.498. The van der Waals surface area contributed by atoms with Crippen molar-refractivity contribution in [2.24, 2.45) is 0 Å². The van der Waals surface area contributed by atoms with E-state index in [-0.39, 0.29) is 0 Å². The summed E-state index contributed by atoms with van der Waals surface area (Å²) < 4.78 is 0. The van der Waals surface area contributed by atoms with Gasteiger partial charge in [-0.1, -0.05) is 45.9 Å². The molecule has 1 unspecified atom stereocenters. The molecule has 1 aromatic rings. The van der Waals surface area contributed by atoms with Gasteiger partial charge in [0.25, 0.3) is 0 Å². The fourth-order valence-corrected chi connectivity index (χ4v) is 3.07. The number of anilines is 1. The number of rotatable bonds is 4. The molecule has 0 spiro atoms. The average molecular weight is 260 g/mol. The SMILES string of the molecule is CC(C)c1cccc(C(C)C)c1N(C)C1CCCN1. The van der Waals surface area contributed by atoms with Crippen LogP contribution in [-0.4, -0.2) is 19.8 Å². The fourth-order valence-electron chi connectivity index (χ4n) is 3.07. The molecule has 2 nitrogen and oxygen atoms in total. The molecule has 1 aliphatic heterocycles. The zero-order chi connectivity index (χ0) is 14.0. The molecule has 1 heterocycles. The van der Waals surface area contributed by atoms with Crippen molar-refractivity contribution >= 4 is 5.69 Å². The lowest BCUT2D eigenvalue weighted by molar-refractivity contribution is 0.587. The maximum absolute atomic E-state index is 3.61. The number of hydrogen-bond donors (Lipinski definition) is 1. The summed E-state index contributed by atoms with van der Waals surface area (Å²) in [6.45, 7) is 10.3. The van der Waals surface area contributed by atoms with Crippen molar-refractivity contribution in [1.82, 2.24) is 5.32 Å². The van der Waals surface area contributed by atoms with Crippen molar-refractivity contribution in [2.75, 3.05) is 18.5 Å². The van der Waals surface area contributed by atoms with Crippen molar-refractivity contribution in [1.29, 1.82) is 0 Å². The molecule has 1 aliphatic rings.